The fourth-order valence-corrected chi connectivity index (χ4v) is 2.79. The van der Waals surface area contributed by atoms with Crippen LogP contribution in [0.5, 0.6) is 11.5 Å². The standard InChI is InChI=1S/C21H25NO5/c1-13-10-14(2)20(15(3)11-13)26-12-19(23)27-16(4)21(24)22-17-8-6-7-9-18(17)25-5/h6-11,16H,12H2,1-5H3,(H,22,24)/t16-/m0/s1. The largest absolute Gasteiger partial charge is 0.495 e. The fraction of sp³-hybridized carbons (Fsp3) is 0.333. The van der Waals surface area contributed by atoms with Crippen LogP contribution in [-0.4, -0.2) is 31.7 Å². The molecule has 6 heteroatoms. The summed E-state index contributed by atoms with van der Waals surface area (Å²) in [5, 5.41) is 2.68. The maximum atomic E-state index is 12.3. The van der Waals surface area contributed by atoms with Crippen LogP contribution in [0.2, 0.25) is 0 Å². The van der Waals surface area contributed by atoms with E-state index in [1.165, 1.54) is 14.0 Å². The Bertz CT molecular complexity index is 808. The van der Waals surface area contributed by atoms with Crippen molar-refractivity contribution < 1.29 is 23.8 Å². The smallest absolute Gasteiger partial charge is 0.344 e. The fourth-order valence-electron chi connectivity index (χ4n) is 2.79. The molecule has 1 atom stereocenters. The maximum absolute atomic E-state index is 12.3. The molecule has 0 fully saturated rings. The van der Waals surface area contributed by atoms with E-state index >= 15 is 0 Å². The Labute approximate surface area is 159 Å². The number of carbonyl (C=O) groups excluding carboxylic acids is 2. The third-order valence-electron chi connectivity index (χ3n) is 3.98. The van der Waals surface area contributed by atoms with Crippen molar-refractivity contribution in [2.24, 2.45) is 0 Å². The highest BCUT2D eigenvalue weighted by Crippen LogP contribution is 2.25. The summed E-state index contributed by atoms with van der Waals surface area (Å²) in [6.45, 7) is 7.08. The Morgan fingerprint density at radius 1 is 1.07 bits per heavy atom. The Morgan fingerprint density at radius 2 is 1.70 bits per heavy atom. The molecule has 0 spiro atoms. The number of methoxy groups -OCH3 is 1. The van der Waals surface area contributed by atoms with E-state index in [9.17, 15) is 9.59 Å². The van der Waals surface area contributed by atoms with Gasteiger partial charge in [0.25, 0.3) is 5.91 Å². The minimum atomic E-state index is -0.966. The third kappa shape index (κ3) is 5.48. The number of hydrogen-bond acceptors (Lipinski definition) is 5. The minimum absolute atomic E-state index is 0.267. The Kier molecular flexibility index (Phi) is 6.82. The number of anilines is 1. The number of esters is 1. The van der Waals surface area contributed by atoms with Crippen LogP contribution >= 0.6 is 0 Å². The first kappa shape index (κ1) is 20.3. The molecule has 2 aromatic rings. The molecule has 2 aromatic carbocycles. The molecule has 0 saturated carbocycles. The molecule has 27 heavy (non-hydrogen) atoms. The molecule has 6 nitrogen and oxygen atoms in total. The van der Waals surface area contributed by atoms with Crippen LogP contribution in [0, 0.1) is 20.8 Å². The van der Waals surface area contributed by atoms with Gasteiger partial charge in [0.15, 0.2) is 12.7 Å². The van der Waals surface area contributed by atoms with E-state index in [4.69, 9.17) is 14.2 Å². The number of benzene rings is 2. The van der Waals surface area contributed by atoms with Crippen LogP contribution in [0.15, 0.2) is 36.4 Å². The molecule has 0 radical (unpaired) electrons. The highest BCUT2D eigenvalue weighted by molar-refractivity contribution is 5.96. The number of nitrogens with one attached hydrogen (secondary N) is 1. The Morgan fingerprint density at radius 3 is 2.33 bits per heavy atom. The topological polar surface area (TPSA) is 73.9 Å². The first-order chi connectivity index (χ1) is 12.8. The molecule has 0 aliphatic heterocycles. The van der Waals surface area contributed by atoms with E-state index in [0.717, 1.165) is 16.7 Å². The summed E-state index contributed by atoms with van der Waals surface area (Å²) in [6, 6.07) is 11.0. The van der Waals surface area contributed by atoms with Gasteiger partial charge in [-0.25, -0.2) is 4.79 Å². The number of para-hydroxylation sites is 2. The normalized spacial score (nSPS) is 11.4. The van der Waals surface area contributed by atoms with Crippen molar-refractivity contribution in [3.63, 3.8) is 0 Å². The van der Waals surface area contributed by atoms with Crippen molar-refractivity contribution in [3.05, 3.63) is 53.1 Å². The predicted molar refractivity (Wildman–Crippen MR) is 103 cm³/mol. The van der Waals surface area contributed by atoms with E-state index in [2.05, 4.69) is 5.32 Å². The summed E-state index contributed by atoms with van der Waals surface area (Å²) in [5.41, 5.74) is 3.53. The van der Waals surface area contributed by atoms with Crippen LogP contribution in [-0.2, 0) is 14.3 Å². The van der Waals surface area contributed by atoms with Gasteiger partial charge in [0.1, 0.15) is 11.5 Å². The Hall–Kier alpha value is -3.02. The molecule has 0 aliphatic carbocycles. The van der Waals surface area contributed by atoms with E-state index in [1.807, 2.05) is 32.9 Å². The van der Waals surface area contributed by atoms with Crippen LogP contribution in [0.1, 0.15) is 23.6 Å². The summed E-state index contributed by atoms with van der Waals surface area (Å²) in [7, 11) is 1.51. The molecule has 0 aliphatic rings. The molecule has 0 heterocycles. The lowest BCUT2D eigenvalue weighted by Gasteiger charge is -2.16. The summed E-state index contributed by atoms with van der Waals surface area (Å²) in [6.07, 6.45) is -0.966. The Balaban J connectivity index is 1.91. The summed E-state index contributed by atoms with van der Waals surface area (Å²) in [4.78, 5) is 24.3. The average molecular weight is 371 g/mol. The second-order valence-corrected chi connectivity index (χ2v) is 6.34. The highest BCUT2D eigenvalue weighted by atomic mass is 16.6. The van der Waals surface area contributed by atoms with E-state index < -0.39 is 18.0 Å². The monoisotopic (exact) mass is 371 g/mol. The zero-order valence-electron chi connectivity index (χ0n) is 16.3. The molecule has 144 valence electrons. The molecule has 0 unspecified atom stereocenters. The van der Waals surface area contributed by atoms with Crippen LogP contribution in [0.25, 0.3) is 0 Å². The van der Waals surface area contributed by atoms with Crippen LogP contribution < -0.4 is 14.8 Å². The molecule has 1 N–H and O–H groups in total. The van der Waals surface area contributed by atoms with Crippen molar-refractivity contribution in [2.75, 3.05) is 19.0 Å². The lowest BCUT2D eigenvalue weighted by molar-refractivity contribution is -0.155. The number of carbonyl (C=O) groups is 2. The summed E-state index contributed by atoms with van der Waals surface area (Å²) >= 11 is 0. The molecule has 0 saturated heterocycles. The van der Waals surface area contributed by atoms with Crippen molar-refractivity contribution in [1.29, 1.82) is 0 Å². The van der Waals surface area contributed by atoms with Gasteiger partial charge in [-0.1, -0.05) is 29.8 Å². The number of amides is 1. The third-order valence-corrected chi connectivity index (χ3v) is 3.98. The van der Waals surface area contributed by atoms with Crippen molar-refractivity contribution in [2.45, 2.75) is 33.8 Å². The number of aryl methyl sites for hydroxylation is 3. The molecular formula is C21H25NO5. The van der Waals surface area contributed by atoms with E-state index in [-0.39, 0.29) is 6.61 Å². The lowest BCUT2D eigenvalue weighted by Crippen LogP contribution is -2.31. The van der Waals surface area contributed by atoms with Crippen LogP contribution in [0.3, 0.4) is 0 Å². The quantitative estimate of drug-likeness (QED) is 0.753. The van der Waals surface area contributed by atoms with Gasteiger partial charge >= 0.3 is 5.97 Å². The average Bonchev–Trinajstić information content (AvgIpc) is 2.61. The predicted octanol–water partition coefficient (Wildman–Crippen LogP) is 3.57. The first-order valence-corrected chi connectivity index (χ1v) is 8.65. The van der Waals surface area contributed by atoms with Gasteiger partial charge in [-0.2, -0.15) is 0 Å². The molecule has 2 rings (SSSR count). The maximum Gasteiger partial charge on any atom is 0.344 e. The number of hydrogen-bond donors (Lipinski definition) is 1. The van der Waals surface area contributed by atoms with Gasteiger partial charge in [0.2, 0.25) is 0 Å². The van der Waals surface area contributed by atoms with Gasteiger partial charge in [-0.05, 0) is 51.0 Å². The van der Waals surface area contributed by atoms with Gasteiger partial charge in [-0.3, -0.25) is 4.79 Å². The second kappa shape index (κ2) is 9.07. The zero-order chi connectivity index (χ0) is 20.0. The van der Waals surface area contributed by atoms with Crippen LogP contribution in [0.4, 0.5) is 5.69 Å². The molecule has 0 bridgehead atoms. The van der Waals surface area contributed by atoms with E-state index in [0.29, 0.717) is 17.2 Å². The van der Waals surface area contributed by atoms with Gasteiger partial charge in [0.05, 0.1) is 12.8 Å². The lowest BCUT2D eigenvalue weighted by atomic mass is 10.1. The SMILES string of the molecule is COc1ccccc1NC(=O)[C@H](C)OC(=O)COc1c(C)cc(C)cc1C. The van der Waals surface area contributed by atoms with Gasteiger partial charge in [-0.15, -0.1) is 0 Å². The van der Waals surface area contributed by atoms with Gasteiger partial charge in [0, 0.05) is 0 Å². The van der Waals surface area contributed by atoms with Gasteiger partial charge < -0.3 is 19.5 Å². The highest BCUT2D eigenvalue weighted by Gasteiger charge is 2.20. The zero-order valence-corrected chi connectivity index (χ0v) is 16.3. The second-order valence-electron chi connectivity index (χ2n) is 6.34. The summed E-state index contributed by atoms with van der Waals surface area (Å²) < 4.78 is 15.9. The number of rotatable bonds is 7. The number of ether oxygens (including phenoxy) is 3. The molecule has 1 amide bonds. The van der Waals surface area contributed by atoms with Crippen molar-refractivity contribution >= 4 is 17.6 Å². The summed E-state index contributed by atoms with van der Waals surface area (Å²) in [5.74, 6) is 0.120. The van der Waals surface area contributed by atoms with E-state index in [1.54, 1.807) is 24.3 Å². The molecular weight excluding hydrogens is 346 g/mol. The van der Waals surface area contributed by atoms with Crippen molar-refractivity contribution in [1.82, 2.24) is 0 Å². The minimum Gasteiger partial charge on any atom is -0.495 e. The first-order valence-electron chi connectivity index (χ1n) is 8.65. The van der Waals surface area contributed by atoms with Crippen molar-refractivity contribution in [3.8, 4) is 11.5 Å². The molecule has 0 aromatic heterocycles.